The molecule has 118 valence electrons. The van der Waals surface area contributed by atoms with Gasteiger partial charge in [-0.3, -0.25) is 9.36 Å². The maximum atomic E-state index is 12.2. The highest BCUT2D eigenvalue weighted by molar-refractivity contribution is 7.99. The Morgan fingerprint density at radius 3 is 2.68 bits per heavy atom. The number of hydrogen-bond acceptors (Lipinski definition) is 5. The minimum absolute atomic E-state index is 0.00783. The quantitative estimate of drug-likeness (QED) is 0.596. The highest BCUT2D eigenvalue weighted by Crippen LogP contribution is 2.18. The van der Waals surface area contributed by atoms with Crippen molar-refractivity contribution < 1.29 is 9.53 Å². The zero-order chi connectivity index (χ0) is 15.9. The third-order valence-electron chi connectivity index (χ3n) is 2.99. The molecule has 0 aliphatic carbocycles. The molecule has 0 spiro atoms. The minimum Gasteiger partial charge on any atom is -0.494 e. The molecule has 0 aliphatic heterocycles. The fourth-order valence-corrected chi connectivity index (χ4v) is 2.82. The van der Waals surface area contributed by atoms with Crippen LogP contribution in [0.1, 0.15) is 30.6 Å². The number of ether oxygens (including phenoxy) is 1. The number of ketones is 1. The summed E-state index contributed by atoms with van der Waals surface area (Å²) < 4.78 is 6.90. The Labute approximate surface area is 132 Å². The molecule has 0 amide bonds. The van der Waals surface area contributed by atoms with Gasteiger partial charge in [0.05, 0.1) is 12.4 Å². The van der Waals surface area contributed by atoms with Crippen LogP contribution in [0.5, 0.6) is 5.75 Å². The third kappa shape index (κ3) is 4.00. The number of carbonyl (C=O) groups excluding carboxylic acids is 1. The van der Waals surface area contributed by atoms with E-state index >= 15 is 0 Å². The Hall–Kier alpha value is -2.02. The largest absolute Gasteiger partial charge is 0.494 e. The number of Topliss-reactive ketones (excluding diaryl/α,β-unsaturated/α-hetero) is 1. The summed E-state index contributed by atoms with van der Waals surface area (Å²) in [5.41, 5.74) is 0.383. The zero-order valence-electron chi connectivity index (χ0n) is 12.7. The van der Waals surface area contributed by atoms with Gasteiger partial charge < -0.3 is 4.74 Å². The molecular weight excluding hydrogens is 302 g/mol. The number of rotatable bonds is 8. The third-order valence-corrected chi connectivity index (χ3v) is 3.97. The molecule has 0 radical (unpaired) electrons. The Morgan fingerprint density at radius 1 is 1.32 bits per heavy atom. The van der Waals surface area contributed by atoms with Crippen molar-refractivity contribution in [2.45, 2.75) is 32.0 Å². The fraction of sp³-hybridized carbons (Fsp3) is 0.400. The first-order valence-corrected chi connectivity index (χ1v) is 8.18. The van der Waals surface area contributed by atoms with Crippen molar-refractivity contribution in [3.05, 3.63) is 40.3 Å². The highest BCUT2D eigenvalue weighted by Gasteiger charge is 2.12. The molecular formula is C15H19N3O3S. The molecule has 0 unspecified atom stereocenters. The Bertz CT molecular complexity index is 676. The lowest BCUT2D eigenvalue weighted by Gasteiger charge is -2.05. The van der Waals surface area contributed by atoms with Gasteiger partial charge in [0.2, 0.25) is 0 Å². The van der Waals surface area contributed by atoms with E-state index in [1.165, 1.54) is 11.8 Å². The number of nitrogens with one attached hydrogen (secondary N) is 1. The number of H-pyrrole nitrogens is 1. The molecule has 0 bridgehead atoms. The molecule has 0 fully saturated rings. The molecule has 2 rings (SSSR count). The van der Waals surface area contributed by atoms with Gasteiger partial charge >= 0.3 is 5.69 Å². The molecule has 7 heteroatoms. The summed E-state index contributed by atoms with van der Waals surface area (Å²) >= 11 is 1.27. The molecule has 1 aromatic carbocycles. The first-order chi connectivity index (χ1) is 10.7. The molecule has 1 aromatic heterocycles. The van der Waals surface area contributed by atoms with Crippen LogP contribution in [-0.2, 0) is 6.54 Å². The van der Waals surface area contributed by atoms with E-state index in [1.54, 1.807) is 28.8 Å². The first kappa shape index (κ1) is 16.4. The second-order valence-electron chi connectivity index (χ2n) is 4.63. The van der Waals surface area contributed by atoms with Crippen molar-refractivity contribution in [2.24, 2.45) is 0 Å². The number of carbonyl (C=O) groups is 1. The molecule has 0 saturated heterocycles. The molecule has 2 aromatic rings. The van der Waals surface area contributed by atoms with E-state index in [1.807, 2.05) is 13.8 Å². The molecule has 1 N–H and O–H groups in total. The van der Waals surface area contributed by atoms with Crippen molar-refractivity contribution in [1.29, 1.82) is 0 Å². The molecule has 0 aliphatic rings. The van der Waals surface area contributed by atoms with E-state index in [9.17, 15) is 9.59 Å². The van der Waals surface area contributed by atoms with Gasteiger partial charge in [0.15, 0.2) is 10.9 Å². The van der Waals surface area contributed by atoms with Crippen LogP contribution in [0, 0.1) is 0 Å². The van der Waals surface area contributed by atoms with E-state index in [-0.39, 0.29) is 17.2 Å². The Kier molecular flexibility index (Phi) is 5.83. The Balaban J connectivity index is 1.99. The van der Waals surface area contributed by atoms with Crippen molar-refractivity contribution >= 4 is 17.5 Å². The van der Waals surface area contributed by atoms with Gasteiger partial charge in [0, 0.05) is 12.1 Å². The molecule has 1 heterocycles. The van der Waals surface area contributed by atoms with Crippen LogP contribution in [0.25, 0.3) is 0 Å². The predicted octanol–water partition coefficient (Wildman–Crippen LogP) is 2.36. The van der Waals surface area contributed by atoms with Crippen molar-refractivity contribution in [3.63, 3.8) is 0 Å². The molecule has 0 atom stereocenters. The maximum Gasteiger partial charge on any atom is 0.343 e. The van der Waals surface area contributed by atoms with Crippen molar-refractivity contribution in [2.75, 3.05) is 12.4 Å². The van der Waals surface area contributed by atoms with Gasteiger partial charge in [0.1, 0.15) is 5.75 Å². The predicted molar refractivity (Wildman–Crippen MR) is 85.8 cm³/mol. The lowest BCUT2D eigenvalue weighted by molar-refractivity contribution is 0.102. The molecule has 22 heavy (non-hydrogen) atoms. The zero-order valence-corrected chi connectivity index (χ0v) is 13.5. The van der Waals surface area contributed by atoms with E-state index < -0.39 is 0 Å². The summed E-state index contributed by atoms with van der Waals surface area (Å²) in [6, 6.07) is 7.06. The lowest BCUT2D eigenvalue weighted by atomic mass is 10.1. The lowest BCUT2D eigenvalue weighted by Crippen LogP contribution is -2.17. The second-order valence-corrected chi connectivity index (χ2v) is 5.57. The summed E-state index contributed by atoms with van der Waals surface area (Å²) in [6.07, 6.45) is 0.833. The van der Waals surface area contributed by atoms with Gasteiger partial charge in [-0.1, -0.05) is 18.7 Å². The summed E-state index contributed by atoms with van der Waals surface area (Å²) in [4.78, 5) is 23.8. The van der Waals surface area contributed by atoms with Crippen LogP contribution in [0.15, 0.2) is 34.2 Å². The summed E-state index contributed by atoms with van der Waals surface area (Å²) in [7, 11) is 0. The first-order valence-electron chi connectivity index (χ1n) is 7.19. The number of benzene rings is 1. The Morgan fingerprint density at radius 2 is 2.05 bits per heavy atom. The van der Waals surface area contributed by atoms with Crippen LogP contribution in [0.2, 0.25) is 0 Å². The van der Waals surface area contributed by atoms with Gasteiger partial charge in [-0.05, 0) is 37.6 Å². The van der Waals surface area contributed by atoms with Gasteiger partial charge in [-0.2, -0.15) is 0 Å². The number of aromatic amines is 1. The van der Waals surface area contributed by atoms with Gasteiger partial charge in [-0.15, -0.1) is 5.10 Å². The normalized spacial score (nSPS) is 10.6. The van der Waals surface area contributed by atoms with Gasteiger partial charge in [0.25, 0.3) is 0 Å². The molecule has 6 nitrogen and oxygen atoms in total. The minimum atomic E-state index is -0.238. The summed E-state index contributed by atoms with van der Waals surface area (Å²) in [5.74, 6) is 0.976. The number of hydrogen-bond donors (Lipinski definition) is 1. The maximum absolute atomic E-state index is 12.2. The standard InChI is InChI=1S/C15H19N3O3S/c1-3-9-18-14(20)16-17-15(18)22-10-13(19)11-5-7-12(8-6-11)21-4-2/h5-8H,3-4,9-10H2,1-2H3,(H,16,20). The van der Waals surface area contributed by atoms with Crippen molar-refractivity contribution in [1.82, 2.24) is 14.8 Å². The average Bonchev–Trinajstić information content (AvgIpc) is 2.87. The summed E-state index contributed by atoms with van der Waals surface area (Å²) in [5, 5.41) is 6.92. The van der Waals surface area contributed by atoms with Crippen molar-refractivity contribution in [3.8, 4) is 5.75 Å². The smallest absolute Gasteiger partial charge is 0.343 e. The van der Waals surface area contributed by atoms with E-state index in [0.29, 0.717) is 23.9 Å². The average molecular weight is 321 g/mol. The van der Waals surface area contributed by atoms with E-state index in [4.69, 9.17) is 4.74 Å². The highest BCUT2D eigenvalue weighted by atomic mass is 32.2. The van der Waals surface area contributed by atoms with Gasteiger partial charge in [-0.25, -0.2) is 9.89 Å². The van der Waals surface area contributed by atoms with Crippen LogP contribution in [0.3, 0.4) is 0 Å². The SMILES string of the molecule is CCCn1c(SCC(=O)c2ccc(OCC)cc2)n[nH]c1=O. The van der Waals surface area contributed by atoms with Crippen LogP contribution in [-0.4, -0.2) is 32.9 Å². The monoisotopic (exact) mass is 321 g/mol. The number of nitrogens with zero attached hydrogens (tertiary/aromatic N) is 2. The van der Waals surface area contributed by atoms with Crippen LogP contribution < -0.4 is 10.4 Å². The van der Waals surface area contributed by atoms with E-state index in [0.717, 1.165) is 12.2 Å². The number of aromatic nitrogens is 3. The summed E-state index contributed by atoms with van der Waals surface area (Å²) in [6.45, 7) is 5.08. The number of thioether (sulfide) groups is 1. The van der Waals surface area contributed by atoms with E-state index in [2.05, 4.69) is 10.2 Å². The topological polar surface area (TPSA) is 77.0 Å². The molecule has 0 saturated carbocycles. The van der Waals surface area contributed by atoms with Crippen LogP contribution >= 0.6 is 11.8 Å². The second kappa shape index (κ2) is 7.84. The fourth-order valence-electron chi connectivity index (χ4n) is 1.95. The van der Waals surface area contributed by atoms with Crippen LogP contribution in [0.4, 0.5) is 0 Å².